The summed E-state index contributed by atoms with van der Waals surface area (Å²) < 4.78 is 14.0. The number of nitrogens with one attached hydrogen (secondary N) is 2. The van der Waals surface area contributed by atoms with E-state index in [1.807, 2.05) is 19.2 Å². The predicted octanol–water partition coefficient (Wildman–Crippen LogP) is 2.53. The Labute approximate surface area is 206 Å². The number of benzene rings is 1. The van der Waals surface area contributed by atoms with Crippen LogP contribution in [0.1, 0.15) is 31.0 Å². The van der Waals surface area contributed by atoms with Crippen LogP contribution in [0.4, 0.5) is 10.1 Å². The van der Waals surface area contributed by atoms with Crippen LogP contribution in [0.15, 0.2) is 35.6 Å². The monoisotopic (exact) mass is 556 g/mol. The van der Waals surface area contributed by atoms with Crippen LogP contribution >= 0.6 is 24.0 Å². The highest BCUT2D eigenvalue weighted by atomic mass is 127. The first-order valence-corrected chi connectivity index (χ1v) is 11.3. The van der Waals surface area contributed by atoms with Crippen molar-refractivity contribution >= 4 is 35.6 Å². The maximum Gasteiger partial charge on any atom is 0.193 e. The number of para-hydroxylation sites is 1. The number of piperazine rings is 1. The molecule has 0 saturated carbocycles. The van der Waals surface area contributed by atoms with Gasteiger partial charge in [0, 0.05) is 58.8 Å². The van der Waals surface area contributed by atoms with Crippen LogP contribution in [0.5, 0.6) is 0 Å². The fourth-order valence-corrected chi connectivity index (χ4v) is 4.53. The molecule has 0 unspecified atom stereocenters. The van der Waals surface area contributed by atoms with Gasteiger partial charge in [0.1, 0.15) is 18.0 Å². The summed E-state index contributed by atoms with van der Waals surface area (Å²) in [7, 11) is 1.85. The number of guanidine groups is 1. The average molecular weight is 556 g/mol. The maximum absolute atomic E-state index is 14.0. The summed E-state index contributed by atoms with van der Waals surface area (Å²) in [5.74, 6) is 2.31. The lowest BCUT2D eigenvalue weighted by molar-refractivity contribution is 0.253. The minimum Gasteiger partial charge on any atom is -0.367 e. The minimum atomic E-state index is -0.128. The topological polar surface area (TPSA) is 75.7 Å². The number of rotatable bonds is 6. The largest absolute Gasteiger partial charge is 0.367 e. The van der Waals surface area contributed by atoms with Gasteiger partial charge in [-0.3, -0.25) is 15.0 Å². The normalized spacial score (nSPS) is 18.5. The minimum absolute atomic E-state index is 0. The number of likely N-dealkylation sites (tertiary alicyclic amines) is 1. The van der Waals surface area contributed by atoms with Gasteiger partial charge < -0.3 is 15.1 Å². The SMILES string of the molecule is CN=C(NCCCN1CCN(c2ccccc2F)CC1)N1CCC(c2ncn[nH]2)CC1.I. The van der Waals surface area contributed by atoms with Crippen LogP contribution in [0.2, 0.25) is 0 Å². The molecule has 176 valence electrons. The lowest BCUT2D eigenvalue weighted by Crippen LogP contribution is -2.48. The molecule has 2 aliphatic heterocycles. The van der Waals surface area contributed by atoms with Crippen molar-refractivity contribution < 1.29 is 4.39 Å². The molecule has 2 N–H and O–H groups in total. The zero-order valence-corrected chi connectivity index (χ0v) is 21.0. The van der Waals surface area contributed by atoms with Gasteiger partial charge in [-0.05, 0) is 37.9 Å². The Kier molecular flexibility index (Phi) is 9.51. The smallest absolute Gasteiger partial charge is 0.193 e. The van der Waals surface area contributed by atoms with E-state index in [0.29, 0.717) is 5.92 Å². The molecular formula is C22H34FIN8. The number of hydrogen-bond acceptors (Lipinski definition) is 5. The van der Waals surface area contributed by atoms with Crippen molar-refractivity contribution in [3.63, 3.8) is 0 Å². The molecule has 8 nitrogen and oxygen atoms in total. The fraction of sp³-hybridized carbons (Fsp3) is 0.591. The van der Waals surface area contributed by atoms with E-state index in [-0.39, 0.29) is 29.8 Å². The molecule has 3 heterocycles. The van der Waals surface area contributed by atoms with Crippen molar-refractivity contribution in [3.05, 3.63) is 42.2 Å². The first-order valence-electron chi connectivity index (χ1n) is 11.3. The second-order valence-corrected chi connectivity index (χ2v) is 8.24. The summed E-state index contributed by atoms with van der Waals surface area (Å²) in [4.78, 5) is 15.7. The lowest BCUT2D eigenvalue weighted by atomic mass is 9.96. The Balaban J connectivity index is 0.00000289. The maximum atomic E-state index is 14.0. The summed E-state index contributed by atoms with van der Waals surface area (Å²) >= 11 is 0. The Morgan fingerprint density at radius 1 is 1.16 bits per heavy atom. The Bertz CT molecular complexity index is 830. The molecule has 2 aromatic rings. The van der Waals surface area contributed by atoms with Crippen molar-refractivity contribution in [2.24, 2.45) is 4.99 Å². The molecule has 0 bridgehead atoms. The average Bonchev–Trinajstić information content (AvgIpc) is 3.35. The third-order valence-electron chi connectivity index (χ3n) is 6.33. The van der Waals surface area contributed by atoms with Gasteiger partial charge in [0.15, 0.2) is 5.96 Å². The molecule has 2 fully saturated rings. The molecule has 4 rings (SSSR count). The Morgan fingerprint density at radius 3 is 2.56 bits per heavy atom. The highest BCUT2D eigenvalue weighted by Crippen LogP contribution is 2.25. The zero-order valence-electron chi connectivity index (χ0n) is 18.7. The number of H-pyrrole nitrogens is 1. The highest BCUT2D eigenvalue weighted by molar-refractivity contribution is 14.0. The molecule has 10 heteroatoms. The Hall–Kier alpha value is -1.95. The number of aliphatic imine (C=N–C) groups is 1. The van der Waals surface area contributed by atoms with Crippen LogP contribution in [-0.4, -0.2) is 90.3 Å². The highest BCUT2D eigenvalue weighted by Gasteiger charge is 2.24. The summed E-state index contributed by atoms with van der Waals surface area (Å²) in [6.45, 7) is 7.58. The van der Waals surface area contributed by atoms with Gasteiger partial charge in [0.05, 0.1) is 5.69 Å². The fourth-order valence-electron chi connectivity index (χ4n) is 4.53. The molecule has 0 radical (unpaired) electrons. The van der Waals surface area contributed by atoms with Gasteiger partial charge in [0.25, 0.3) is 0 Å². The molecule has 2 saturated heterocycles. The van der Waals surface area contributed by atoms with E-state index in [4.69, 9.17) is 0 Å². The zero-order chi connectivity index (χ0) is 21.5. The van der Waals surface area contributed by atoms with Gasteiger partial charge in [-0.15, -0.1) is 24.0 Å². The van der Waals surface area contributed by atoms with Crippen molar-refractivity contribution in [1.29, 1.82) is 0 Å². The van der Waals surface area contributed by atoms with E-state index < -0.39 is 0 Å². The number of halogens is 2. The van der Waals surface area contributed by atoms with E-state index in [9.17, 15) is 4.39 Å². The van der Waals surface area contributed by atoms with Crippen molar-refractivity contribution in [1.82, 2.24) is 30.3 Å². The molecule has 1 aromatic carbocycles. The summed E-state index contributed by atoms with van der Waals surface area (Å²) in [5, 5.41) is 10.5. The molecular weight excluding hydrogens is 522 g/mol. The number of nitrogens with zero attached hydrogens (tertiary/aromatic N) is 6. The summed E-state index contributed by atoms with van der Waals surface area (Å²) in [6, 6.07) is 7.06. The van der Waals surface area contributed by atoms with Crippen molar-refractivity contribution in [3.8, 4) is 0 Å². The first kappa shape index (κ1) is 24.7. The Morgan fingerprint density at radius 2 is 1.91 bits per heavy atom. The third kappa shape index (κ3) is 6.31. The lowest BCUT2D eigenvalue weighted by Gasteiger charge is -2.36. The molecule has 2 aliphatic rings. The van der Waals surface area contributed by atoms with E-state index in [0.717, 1.165) is 89.1 Å². The van der Waals surface area contributed by atoms with E-state index in [1.165, 1.54) is 6.07 Å². The van der Waals surface area contributed by atoms with Crippen LogP contribution < -0.4 is 10.2 Å². The second kappa shape index (κ2) is 12.3. The van der Waals surface area contributed by atoms with Crippen LogP contribution in [0, 0.1) is 5.82 Å². The number of anilines is 1. The van der Waals surface area contributed by atoms with Crippen LogP contribution in [-0.2, 0) is 0 Å². The van der Waals surface area contributed by atoms with Gasteiger partial charge >= 0.3 is 0 Å². The molecule has 0 spiro atoms. The van der Waals surface area contributed by atoms with Gasteiger partial charge in [-0.2, -0.15) is 5.10 Å². The number of hydrogen-bond donors (Lipinski definition) is 2. The van der Waals surface area contributed by atoms with E-state index >= 15 is 0 Å². The number of aromatic nitrogens is 3. The molecule has 1 aromatic heterocycles. The van der Waals surface area contributed by atoms with E-state index in [1.54, 1.807) is 12.4 Å². The van der Waals surface area contributed by atoms with Crippen LogP contribution in [0.3, 0.4) is 0 Å². The number of aromatic amines is 1. The third-order valence-corrected chi connectivity index (χ3v) is 6.33. The van der Waals surface area contributed by atoms with Gasteiger partial charge in [-0.1, -0.05) is 12.1 Å². The quantitative estimate of drug-likeness (QED) is 0.247. The molecule has 0 aliphatic carbocycles. The van der Waals surface area contributed by atoms with Crippen molar-refractivity contribution in [2.45, 2.75) is 25.2 Å². The number of piperidine rings is 1. The second-order valence-electron chi connectivity index (χ2n) is 8.24. The van der Waals surface area contributed by atoms with Gasteiger partial charge in [-0.25, -0.2) is 9.37 Å². The van der Waals surface area contributed by atoms with Gasteiger partial charge in [0.2, 0.25) is 0 Å². The molecule has 0 amide bonds. The molecule has 32 heavy (non-hydrogen) atoms. The molecule has 0 atom stereocenters. The van der Waals surface area contributed by atoms with Crippen LogP contribution in [0.25, 0.3) is 0 Å². The standard InChI is InChI=1S/C22H33FN8.HI/c1-24-22(31-11-7-18(8-12-31)21-26-17-27-28-21)25-9-4-10-29-13-15-30(16-14-29)20-6-3-2-5-19(20)23;/h2-3,5-6,17-18H,4,7-16H2,1H3,(H,24,25)(H,26,27,28);1H. The summed E-state index contributed by atoms with van der Waals surface area (Å²) in [6.07, 6.45) is 4.76. The van der Waals surface area contributed by atoms with E-state index in [2.05, 4.69) is 40.2 Å². The first-order chi connectivity index (χ1) is 15.2. The van der Waals surface area contributed by atoms with Crippen molar-refractivity contribution in [2.75, 3.05) is 64.3 Å². The predicted molar refractivity (Wildman–Crippen MR) is 136 cm³/mol. The summed E-state index contributed by atoms with van der Waals surface area (Å²) in [5.41, 5.74) is 0.722.